The second-order valence-electron chi connectivity index (χ2n) is 4.55. The first kappa shape index (κ1) is 13.0. The fourth-order valence-electron chi connectivity index (χ4n) is 2.05. The van der Waals surface area contributed by atoms with Gasteiger partial charge in [0.2, 0.25) is 0 Å². The van der Waals surface area contributed by atoms with E-state index in [0.717, 1.165) is 6.42 Å². The van der Waals surface area contributed by atoms with Crippen molar-refractivity contribution >= 4 is 5.97 Å². The van der Waals surface area contributed by atoms with E-state index < -0.39 is 17.8 Å². The summed E-state index contributed by atoms with van der Waals surface area (Å²) in [5.74, 6) is -3.81. The minimum Gasteiger partial charge on any atom is -0.462 e. The molecule has 1 aliphatic rings. The zero-order valence-electron chi connectivity index (χ0n) is 10.3. The van der Waals surface area contributed by atoms with Gasteiger partial charge in [-0.05, 0) is 31.9 Å². The smallest absolute Gasteiger partial charge is 0.338 e. The van der Waals surface area contributed by atoms with E-state index in [0.29, 0.717) is 18.4 Å². The summed E-state index contributed by atoms with van der Waals surface area (Å²) in [6.07, 6.45) is 2.03. The van der Waals surface area contributed by atoms with Crippen molar-refractivity contribution in [2.24, 2.45) is 5.92 Å². The Bertz CT molecular complexity index is 422. The summed E-state index contributed by atoms with van der Waals surface area (Å²) in [6.45, 7) is 1.98. The summed E-state index contributed by atoms with van der Waals surface area (Å²) in [5.41, 5.74) is 0.297. The fourth-order valence-corrected chi connectivity index (χ4v) is 2.05. The molecule has 0 saturated heterocycles. The molecular formula is C14H16F2O2. The van der Waals surface area contributed by atoms with Gasteiger partial charge in [0, 0.05) is 11.5 Å². The van der Waals surface area contributed by atoms with Gasteiger partial charge in [0.1, 0.15) is 0 Å². The molecule has 2 rings (SSSR count). The van der Waals surface area contributed by atoms with Gasteiger partial charge in [0.25, 0.3) is 5.92 Å². The maximum atomic E-state index is 14.0. The molecule has 1 aliphatic carbocycles. The van der Waals surface area contributed by atoms with Crippen molar-refractivity contribution in [3.63, 3.8) is 0 Å². The second-order valence-corrected chi connectivity index (χ2v) is 4.55. The monoisotopic (exact) mass is 254 g/mol. The number of halogens is 2. The van der Waals surface area contributed by atoms with Gasteiger partial charge in [-0.1, -0.05) is 18.6 Å². The average Bonchev–Trinajstić information content (AvgIpc) is 2.26. The van der Waals surface area contributed by atoms with Crippen LogP contribution in [0.15, 0.2) is 24.3 Å². The quantitative estimate of drug-likeness (QED) is 0.765. The molecule has 4 heteroatoms. The molecule has 0 heterocycles. The Morgan fingerprint density at radius 1 is 1.33 bits per heavy atom. The van der Waals surface area contributed by atoms with E-state index in [9.17, 15) is 13.6 Å². The maximum absolute atomic E-state index is 14.0. The fraction of sp³-hybridized carbons (Fsp3) is 0.500. The SMILES string of the molecule is CCOC(=O)c1ccc(C(F)(F)C2CCC2)cc1. The van der Waals surface area contributed by atoms with Crippen LogP contribution in [0, 0.1) is 5.92 Å². The Kier molecular flexibility index (Phi) is 3.64. The average molecular weight is 254 g/mol. The summed E-state index contributed by atoms with van der Waals surface area (Å²) < 4.78 is 32.7. The van der Waals surface area contributed by atoms with Gasteiger partial charge in [0.05, 0.1) is 12.2 Å². The number of ether oxygens (including phenoxy) is 1. The van der Waals surface area contributed by atoms with Gasteiger partial charge in [-0.15, -0.1) is 0 Å². The van der Waals surface area contributed by atoms with Crippen molar-refractivity contribution < 1.29 is 18.3 Å². The Balaban J connectivity index is 2.14. The lowest BCUT2D eigenvalue weighted by Gasteiger charge is -2.33. The van der Waals surface area contributed by atoms with E-state index in [-0.39, 0.29) is 12.2 Å². The highest BCUT2D eigenvalue weighted by molar-refractivity contribution is 5.89. The number of carbonyl (C=O) groups excluding carboxylic acids is 1. The second kappa shape index (κ2) is 5.04. The molecule has 1 fully saturated rings. The summed E-state index contributed by atoms with van der Waals surface area (Å²) in [7, 11) is 0. The number of hydrogen-bond donors (Lipinski definition) is 0. The van der Waals surface area contributed by atoms with E-state index in [4.69, 9.17) is 4.74 Å². The normalized spacial score (nSPS) is 16.2. The van der Waals surface area contributed by atoms with Crippen molar-refractivity contribution in [3.8, 4) is 0 Å². The molecule has 0 unspecified atom stereocenters. The van der Waals surface area contributed by atoms with Crippen LogP contribution in [0.3, 0.4) is 0 Å². The van der Waals surface area contributed by atoms with Crippen LogP contribution >= 0.6 is 0 Å². The predicted octanol–water partition coefficient (Wildman–Crippen LogP) is 3.76. The largest absolute Gasteiger partial charge is 0.462 e. The molecule has 98 valence electrons. The first-order valence-electron chi connectivity index (χ1n) is 6.21. The number of esters is 1. The van der Waals surface area contributed by atoms with Gasteiger partial charge < -0.3 is 4.74 Å². The molecule has 0 radical (unpaired) electrons. The molecule has 0 aromatic heterocycles. The Hall–Kier alpha value is -1.45. The van der Waals surface area contributed by atoms with Crippen molar-refractivity contribution in [1.82, 2.24) is 0 Å². The summed E-state index contributed by atoms with van der Waals surface area (Å²) >= 11 is 0. The Morgan fingerprint density at radius 2 is 1.94 bits per heavy atom. The lowest BCUT2D eigenvalue weighted by molar-refractivity contribution is -0.0943. The lowest BCUT2D eigenvalue weighted by Crippen LogP contribution is -2.31. The zero-order valence-corrected chi connectivity index (χ0v) is 10.3. The molecule has 0 N–H and O–H groups in total. The molecule has 0 spiro atoms. The molecule has 0 atom stereocenters. The molecule has 0 amide bonds. The Morgan fingerprint density at radius 3 is 2.39 bits per heavy atom. The molecule has 2 nitrogen and oxygen atoms in total. The topological polar surface area (TPSA) is 26.3 Å². The van der Waals surface area contributed by atoms with Crippen LogP contribution in [0.4, 0.5) is 8.78 Å². The van der Waals surface area contributed by atoms with Crippen molar-refractivity contribution in [2.45, 2.75) is 32.1 Å². The van der Waals surface area contributed by atoms with Crippen LogP contribution in [-0.4, -0.2) is 12.6 Å². The van der Waals surface area contributed by atoms with Crippen molar-refractivity contribution in [2.75, 3.05) is 6.61 Å². The predicted molar refractivity (Wildman–Crippen MR) is 63.6 cm³/mol. The molecule has 1 aromatic carbocycles. The molecular weight excluding hydrogens is 238 g/mol. The van der Waals surface area contributed by atoms with Crippen LogP contribution in [0.5, 0.6) is 0 Å². The first-order chi connectivity index (χ1) is 8.55. The molecule has 18 heavy (non-hydrogen) atoms. The van der Waals surface area contributed by atoms with E-state index in [1.165, 1.54) is 24.3 Å². The molecule has 1 saturated carbocycles. The highest BCUT2D eigenvalue weighted by atomic mass is 19.3. The standard InChI is InChI=1S/C14H16F2O2/c1-2-18-13(17)10-6-8-12(9-7-10)14(15,16)11-4-3-5-11/h6-9,11H,2-5H2,1H3. The van der Waals surface area contributed by atoms with Crippen LogP contribution in [0.25, 0.3) is 0 Å². The van der Waals surface area contributed by atoms with E-state index >= 15 is 0 Å². The highest BCUT2D eigenvalue weighted by Gasteiger charge is 2.44. The summed E-state index contributed by atoms with van der Waals surface area (Å²) in [5, 5.41) is 0. The number of carbonyl (C=O) groups is 1. The number of benzene rings is 1. The van der Waals surface area contributed by atoms with Crippen LogP contribution in [0.2, 0.25) is 0 Å². The van der Waals surface area contributed by atoms with E-state index in [2.05, 4.69) is 0 Å². The maximum Gasteiger partial charge on any atom is 0.338 e. The molecule has 0 aliphatic heterocycles. The third-order valence-electron chi connectivity index (χ3n) is 3.40. The molecule has 0 bridgehead atoms. The van der Waals surface area contributed by atoms with E-state index in [1.807, 2.05) is 0 Å². The third-order valence-corrected chi connectivity index (χ3v) is 3.40. The first-order valence-corrected chi connectivity index (χ1v) is 6.21. The van der Waals surface area contributed by atoms with Crippen molar-refractivity contribution in [1.29, 1.82) is 0 Å². The Labute approximate surface area is 105 Å². The molecule has 1 aromatic rings. The highest BCUT2D eigenvalue weighted by Crippen LogP contribution is 2.46. The van der Waals surface area contributed by atoms with Gasteiger partial charge in [-0.25, -0.2) is 13.6 Å². The van der Waals surface area contributed by atoms with Gasteiger partial charge in [0.15, 0.2) is 0 Å². The van der Waals surface area contributed by atoms with Crippen LogP contribution in [0.1, 0.15) is 42.1 Å². The van der Waals surface area contributed by atoms with Crippen LogP contribution in [-0.2, 0) is 10.7 Å². The van der Waals surface area contributed by atoms with Gasteiger partial charge >= 0.3 is 5.97 Å². The van der Waals surface area contributed by atoms with Crippen LogP contribution < -0.4 is 0 Å². The van der Waals surface area contributed by atoms with Gasteiger partial charge in [-0.2, -0.15) is 0 Å². The minimum absolute atomic E-state index is 0.0137. The number of rotatable bonds is 4. The minimum atomic E-state index is -2.79. The lowest BCUT2D eigenvalue weighted by atomic mass is 9.78. The van der Waals surface area contributed by atoms with Gasteiger partial charge in [-0.3, -0.25) is 0 Å². The number of hydrogen-bond acceptors (Lipinski definition) is 2. The van der Waals surface area contributed by atoms with E-state index in [1.54, 1.807) is 6.92 Å². The third kappa shape index (κ3) is 2.37. The summed E-state index contributed by atoms with van der Waals surface area (Å²) in [4.78, 5) is 11.4. The number of alkyl halides is 2. The zero-order chi connectivity index (χ0) is 13.2. The van der Waals surface area contributed by atoms with Crippen molar-refractivity contribution in [3.05, 3.63) is 35.4 Å². The summed E-state index contributed by atoms with van der Waals surface area (Å²) in [6, 6.07) is 5.45.